The molecule has 0 aliphatic carbocycles. The van der Waals surface area contributed by atoms with Gasteiger partial charge in [-0.3, -0.25) is 9.59 Å². The molecule has 698 valence electrons. The molecule has 0 unspecified atom stereocenters. The van der Waals surface area contributed by atoms with Gasteiger partial charge < -0.3 is 43.8 Å². The lowest BCUT2D eigenvalue weighted by molar-refractivity contribution is 0.0472. The van der Waals surface area contributed by atoms with E-state index in [0.29, 0.717) is 102 Å². The van der Waals surface area contributed by atoms with Gasteiger partial charge in [-0.15, -0.1) is 0 Å². The fourth-order valence-electron chi connectivity index (χ4n) is 16.8. The molecule has 0 aliphatic rings. The van der Waals surface area contributed by atoms with Crippen LogP contribution in [-0.2, 0) is 11.3 Å². The highest BCUT2D eigenvalue weighted by Crippen LogP contribution is 2.43. The van der Waals surface area contributed by atoms with Crippen LogP contribution < -0.4 is 39.1 Å². The van der Waals surface area contributed by atoms with Gasteiger partial charge in [0.15, 0.2) is 23.0 Å². The second-order valence-corrected chi connectivity index (χ2v) is 36.1. The predicted molar refractivity (Wildman–Crippen MR) is 530 cm³/mol. The summed E-state index contributed by atoms with van der Waals surface area (Å²) in [6.07, 6.45) is 72.2. The Kier molecular flexibility index (Phi) is 60.8. The summed E-state index contributed by atoms with van der Waals surface area (Å²) >= 11 is 0. The van der Waals surface area contributed by atoms with E-state index in [1.54, 1.807) is 36.4 Å². The van der Waals surface area contributed by atoms with E-state index in [1.807, 2.05) is 43.3 Å². The molecule has 0 saturated carbocycles. The van der Waals surface area contributed by atoms with Crippen LogP contribution in [0, 0.1) is 6.92 Å². The zero-order valence-corrected chi connectivity index (χ0v) is 80.4. The summed E-state index contributed by atoms with van der Waals surface area (Å²) in [4.78, 5) is 46.5. The van der Waals surface area contributed by atoms with Crippen molar-refractivity contribution in [2.75, 3.05) is 50.3 Å². The van der Waals surface area contributed by atoms with Gasteiger partial charge in [-0.1, -0.05) is 449 Å². The molecular weight excluding hydrogens is 1550 g/mol. The van der Waals surface area contributed by atoms with E-state index >= 15 is 14.4 Å². The number of carbonyl (C=O) groups excluding carboxylic acids is 3. The monoisotopic (exact) mass is 1720 g/mol. The maximum absolute atomic E-state index is 15.6. The van der Waals surface area contributed by atoms with Crippen LogP contribution in [0.3, 0.4) is 0 Å². The smallest absolute Gasteiger partial charge is 0.338 e. The molecular formula is C113H176N2O10. The van der Waals surface area contributed by atoms with Crippen LogP contribution in [0.1, 0.15) is 469 Å². The van der Waals surface area contributed by atoms with Gasteiger partial charge in [0.05, 0.1) is 45.2 Å². The van der Waals surface area contributed by atoms with Crippen molar-refractivity contribution in [1.82, 2.24) is 0 Å². The van der Waals surface area contributed by atoms with Crippen molar-refractivity contribution in [1.29, 1.82) is 0 Å². The zero-order valence-electron chi connectivity index (χ0n) is 80.4. The van der Waals surface area contributed by atoms with Crippen molar-refractivity contribution in [2.45, 2.75) is 440 Å². The van der Waals surface area contributed by atoms with E-state index in [2.05, 4.69) is 94.6 Å². The van der Waals surface area contributed by atoms with E-state index in [4.69, 9.17) is 33.2 Å². The summed E-state index contributed by atoms with van der Waals surface area (Å²) in [6, 6.07) is 37.3. The normalized spacial score (nSPS) is 11.3. The standard InChI is InChI=1S/C113H176N2O10/c1-8-14-20-26-32-38-44-50-56-68-78-119-105-89-100(90-106(120-79-69-57-51-45-39-33-27-21-15-9-2)109(105)123-82-72-60-54-48-42-36-30-24-18-12-5)111(116)114-103-87-102(113(118)125-93-95-84-98(96-74-64-62-65-75-96)86-99(85-95)97-76-66-63-67-77-97)88-104(94(103)7)115-112(117)101-91-107(121-80-70-58-52-46-40-34-28-22-16-10-3)110(124-83-73-61-55-49-43-37-31-25-19-13-6)108(92-101)122-81-71-59-53-47-41-35-29-23-17-11-4/h62-67,74-77,84-92H,8-61,68-73,78-83,93H2,1-7H3,(H,114,116)(H,115,117). The van der Waals surface area contributed by atoms with Gasteiger partial charge in [0, 0.05) is 22.5 Å². The van der Waals surface area contributed by atoms with Gasteiger partial charge in [0.2, 0.25) is 11.5 Å². The molecule has 0 aromatic heterocycles. The van der Waals surface area contributed by atoms with Crippen molar-refractivity contribution in [3.8, 4) is 56.8 Å². The Morgan fingerprint density at radius 1 is 0.240 bits per heavy atom. The maximum Gasteiger partial charge on any atom is 0.338 e. The molecule has 0 aliphatic heterocycles. The number of amides is 2. The fourth-order valence-corrected chi connectivity index (χ4v) is 16.8. The van der Waals surface area contributed by atoms with Crippen LogP contribution in [0.2, 0.25) is 0 Å². The van der Waals surface area contributed by atoms with E-state index in [-0.39, 0.29) is 12.2 Å². The Morgan fingerprint density at radius 3 is 0.704 bits per heavy atom. The lowest BCUT2D eigenvalue weighted by atomic mass is 9.96. The summed E-state index contributed by atoms with van der Waals surface area (Å²) in [5.74, 6) is 1.43. The topological polar surface area (TPSA) is 140 Å². The molecule has 12 nitrogen and oxygen atoms in total. The first-order chi connectivity index (χ1) is 61.6. The summed E-state index contributed by atoms with van der Waals surface area (Å²) in [5, 5.41) is 6.53. The highest BCUT2D eigenvalue weighted by atomic mass is 16.6. The molecule has 0 saturated heterocycles. The first-order valence-corrected chi connectivity index (χ1v) is 51.9. The molecule has 6 aromatic carbocycles. The number of hydrogen-bond acceptors (Lipinski definition) is 10. The molecule has 2 amide bonds. The van der Waals surface area contributed by atoms with Gasteiger partial charge in [-0.25, -0.2) is 4.79 Å². The lowest BCUT2D eigenvalue weighted by Crippen LogP contribution is -2.18. The number of anilines is 2. The van der Waals surface area contributed by atoms with E-state index < -0.39 is 17.8 Å². The SMILES string of the molecule is CCCCCCCCCCCCOc1cc(C(=O)Nc2cc(C(=O)OCc3cc(-c4ccccc4)cc(-c4ccccc4)c3)cc(NC(=O)c3cc(OCCCCCCCCCCCC)c(OCCCCCCCCCCCC)c(OCCCCCCCCCCCC)c3)c2C)cc(OCCCCCCCCCCCC)c1OCCCCCCCCCCCC. The second-order valence-electron chi connectivity index (χ2n) is 36.1. The summed E-state index contributed by atoms with van der Waals surface area (Å²) in [7, 11) is 0. The van der Waals surface area contributed by atoms with Crippen LogP contribution >= 0.6 is 0 Å². The van der Waals surface area contributed by atoms with Crippen LogP contribution in [0.25, 0.3) is 22.3 Å². The van der Waals surface area contributed by atoms with Gasteiger partial charge in [-0.2, -0.15) is 0 Å². The Bertz CT molecular complexity index is 3390. The Balaban J connectivity index is 1.40. The summed E-state index contributed by atoms with van der Waals surface area (Å²) in [5.41, 5.74) is 6.78. The average molecular weight is 1720 g/mol. The number of carbonyl (C=O) groups is 3. The molecule has 0 bridgehead atoms. The number of rotatable bonds is 81. The summed E-state index contributed by atoms with van der Waals surface area (Å²) in [6.45, 7) is 18.3. The molecule has 6 rings (SSSR count). The first kappa shape index (κ1) is 106. The molecule has 2 N–H and O–H groups in total. The number of benzene rings is 6. The van der Waals surface area contributed by atoms with E-state index in [1.165, 1.54) is 270 Å². The summed E-state index contributed by atoms with van der Waals surface area (Å²) < 4.78 is 47.4. The van der Waals surface area contributed by atoms with Crippen molar-refractivity contribution in [3.63, 3.8) is 0 Å². The van der Waals surface area contributed by atoms with Crippen molar-refractivity contribution in [3.05, 3.63) is 143 Å². The highest BCUT2D eigenvalue weighted by molar-refractivity contribution is 6.09. The molecule has 0 spiro atoms. The molecule has 12 heteroatoms. The third kappa shape index (κ3) is 47.4. The largest absolute Gasteiger partial charge is 0.490 e. The number of ether oxygens (including phenoxy) is 7. The first-order valence-electron chi connectivity index (χ1n) is 51.9. The number of nitrogens with one attached hydrogen (secondary N) is 2. The van der Waals surface area contributed by atoms with Gasteiger partial charge >= 0.3 is 5.97 Å². The average Bonchev–Trinajstić information content (AvgIpc) is 0.802. The lowest BCUT2D eigenvalue weighted by Gasteiger charge is -2.20. The molecule has 6 aromatic rings. The van der Waals surface area contributed by atoms with Gasteiger partial charge in [0.1, 0.15) is 6.61 Å². The quantitative estimate of drug-likeness (QED) is 0.0280. The maximum atomic E-state index is 15.6. The predicted octanol–water partition coefficient (Wildman–Crippen LogP) is 35.0. The minimum Gasteiger partial charge on any atom is -0.490 e. The Labute approximate surface area is 762 Å². The van der Waals surface area contributed by atoms with Crippen LogP contribution in [-0.4, -0.2) is 57.4 Å². The molecule has 0 atom stereocenters. The minimum absolute atomic E-state index is 0.0502. The van der Waals surface area contributed by atoms with Crippen LogP contribution in [0.4, 0.5) is 11.4 Å². The fraction of sp³-hybridized carbons (Fsp3) is 0.655. The number of unbranched alkanes of at least 4 members (excludes halogenated alkanes) is 54. The second kappa shape index (κ2) is 71.5. The van der Waals surface area contributed by atoms with E-state index in [0.717, 1.165) is 143 Å². The minimum atomic E-state index is -0.633. The van der Waals surface area contributed by atoms with Crippen molar-refractivity contribution in [2.24, 2.45) is 0 Å². The number of esters is 1. The molecule has 0 radical (unpaired) electrons. The molecule has 125 heavy (non-hydrogen) atoms. The highest BCUT2D eigenvalue weighted by Gasteiger charge is 2.25. The zero-order chi connectivity index (χ0) is 88.7. The number of hydrogen-bond donors (Lipinski definition) is 2. The third-order valence-electron chi connectivity index (χ3n) is 24.8. The van der Waals surface area contributed by atoms with Crippen molar-refractivity contribution < 1.29 is 47.5 Å². The third-order valence-corrected chi connectivity index (χ3v) is 24.8. The molecule has 0 fully saturated rings. The van der Waals surface area contributed by atoms with Gasteiger partial charge in [0.25, 0.3) is 11.8 Å². The molecule has 0 heterocycles. The van der Waals surface area contributed by atoms with Gasteiger partial charge in [-0.05, 0) is 133 Å². The Hall–Kier alpha value is -7.47. The van der Waals surface area contributed by atoms with Crippen molar-refractivity contribution >= 4 is 29.2 Å². The van der Waals surface area contributed by atoms with E-state index in [9.17, 15) is 0 Å². The Morgan fingerprint density at radius 2 is 0.464 bits per heavy atom. The van der Waals surface area contributed by atoms with Crippen LogP contribution in [0.5, 0.6) is 34.5 Å². The van der Waals surface area contributed by atoms with Crippen LogP contribution in [0.15, 0.2) is 115 Å².